The maximum absolute atomic E-state index is 12.6. The zero-order valence-electron chi connectivity index (χ0n) is 33.0. The van der Waals surface area contributed by atoms with Gasteiger partial charge in [0.25, 0.3) is 0 Å². The summed E-state index contributed by atoms with van der Waals surface area (Å²) < 4.78 is 32.6. The number of carbonyl (C=O) groups excluding carboxylic acids is 2. The number of phosphoric acid groups is 1. The second-order valence-electron chi connectivity index (χ2n) is 14.0. The minimum absolute atomic E-state index is 0.179. The Morgan fingerprint density at radius 2 is 0.942 bits per heavy atom. The first-order chi connectivity index (χ1) is 25.2. The Morgan fingerprint density at radius 1 is 0.558 bits per heavy atom. The SMILES string of the molecule is CCCCCC/C=C/CCCCCCCCCC(=O)O[C@H](COC(=O)CCCCCCC/C=C/CCCCCCC)COP(=O)(O)OC[C@@H](O)CO. The Labute approximate surface area is 317 Å². The lowest BCUT2D eigenvalue weighted by Crippen LogP contribution is -2.29. The summed E-state index contributed by atoms with van der Waals surface area (Å²) in [6.07, 6.45) is 35.7. The molecule has 0 aromatic carbocycles. The van der Waals surface area contributed by atoms with E-state index in [1.807, 2.05) is 0 Å². The molecule has 52 heavy (non-hydrogen) atoms. The quantitative estimate of drug-likeness (QED) is 0.0239. The van der Waals surface area contributed by atoms with Crippen molar-refractivity contribution in [1.29, 1.82) is 0 Å². The van der Waals surface area contributed by atoms with Crippen LogP contribution in [0.3, 0.4) is 0 Å². The number of hydrogen-bond acceptors (Lipinski definition) is 9. The molecule has 0 amide bonds. The van der Waals surface area contributed by atoms with Crippen LogP contribution in [0, 0.1) is 0 Å². The topological polar surface area (TPSA) is 149 Å². The molecule has 0 saturated carbocycles. The number of carbonyl (C=O) groups is 2. The number of esters is 2. The lowest BCUT2D eigenvalue weighted by molar-refractivity contribution is -0.161. The summed E-state index contributed by atoms with van der Waals surface area (Å²) >= 11 is 0. The molecule has 0 aliphatic heterocycles. The first-order valence-electron chi connectivity index (χ1n) is 20.8. The third kappa shape index (κ3) is 36.8. The predicted octanol–water partition coefficient (Wildman–Crippen LogP) is 10.6. The van der Waals surface area contributed by atoms with Crippen molar-refractivity contribution in [3.63, 3.8) is 0 Å². The Kier molecular flexibility index (Phi) is 36.6. The summed E-state index contributed by atoms with van der Waals surface area (Å²) in [4.78, 5) is 34.9. The van der Waals surface area contributed by atoms with E-state index in [1.165, 1.54) is 83.5 Å². The van der Waals surface area contributed by atoms with Crippen LogP contribution < -0.4 is 0 Å². The van der Waals surface area contributed by atoms with Gasteiger partial charge in [-0.05, 0) is 64.2 Å². The molecule has 0 aliphatic carbocycles. The second kappa shape index (κ2) is 37.8. The maximum Gasteiger partial charge on any atom is 0.472 e. The number of aliphatic hydroxyl groups is 2. The number of allylic oxidation sites excluding steroid dienone is 4. The van der Waals surface area contributed by atoms with Crippen LogP contribution in [-0.2, 0) is 32.7 Å². The maximum atomic E-state index is 12.6. The molecule has 0 heterocycles. The van der Waals surface area contributed by atoms with Crippen LogP contribution in [-0.4, -0.2) is 65.7 Å². The summed E-state index contributed by atoms with van der Waals surface area (Å²) in [5, 5.41) is 18.3. The average Bonchev–Trinajstić information content (AvgIpc) is 3.13. The molecule has 0 fully saturated rings. The first-order valence-corrected chi connectivity index (χ1v) is 22.3. The minimum Gasteiger partial charge on any atom is -0.462 e. The molecule has 0 bridgehead atoms. The van der Waals surface area contributed by atoms with Crippen LogP contribution in [0.15, 0.2) is 24.3 Å². The highest BCUT2D eigenvalue weighted by atomic mass is 31.2. The number of rotatable bonds is 39. The molecule has 0 radical (unpaired) electrons. The monoisotopic (exact) mass is 761 g/mol. The minimum atomic E-state index is -4.61. The Morgan fingerprint density at radius 3 is 1.40 bits per heavy atom. The fourth-order valence-corrected chi connectivity index (χ4v) is 6.36. The number of hydrogen-bond donors (Lipinski definition) is 3. The molecule has 0 saturated heterocycles. The van der Waals surface area contributed by atoms with Crippen LogP contribution in [0.5, 0.6) is 0 Å². The largest absolute Gasteiger partial charge is 0.472 e. The smallest absolute Gasteiger partial charge is 0.462 e. The van der Waals surface area contributed by atoms with Crippen LogP contribution in [0.25, 0.3) is 0 Å². The first kappa shape index (κ1) is 50.5. The molecule has 3 atom stereocenters. The van der Waals surface area contributed by atoms with E-state index >= 15 is 0 Å². The van der Waals surface area contributed by atoms with Gasteiger partial charge in [-0.2, -0.15) is 0 Å². The molecule has 0 rings (SSSR count). The lowest BCUT2D eigenvalue weighted by Gasteiger charge is -2.20. The van der Waals surface area contributed by atoms with Crippen LogP contribution in [0.4, 0.5) is 0 Å². The highest BCUT2D eigenvalue weighted by molar-refractivity contribution is 7.47. The number of ether oxygens (including phenoxy) is 2. The van der Waals surface area contributed by atoms with Crippen molar-refractivity contribution in [1.82, 2.24) is 0 Å². The number of unbranched alkanes of at least 4 members (excludes halogenated alkanes) is 21. The third-order valence-electron chi connectivity index (χ3n) is 8.83. The molecule has 0 spiro atoms. The van der Waals surface area contributed by atoms with E-state index in [2.05, 4.69) is 42.7 Å². The van der Waals surface area contributed by atoms with Gasteiger partial charge in [-0.1, -0.05) is 134 Å². The van der Waals surface area contributed by atoms with E-state index in [0.29, 0.717) is 12.8 Å². The van der Waals surface area contributed by atoms with Gasteiger partial charge < -0.3 is 24.6 Å². The normalized spacial score (nSPS) is 14.2. The van der Waals surface area contributed by atoms with Crippen molar-refractivity contribution in [3.8, 4) is 0 Å². The number of aliphatic hydroxyl groups excluding tert-OH is 2. The third-order valence-corrected chi connectivity index (χ3v) is 9.78. The standard InChI is InChI=1S/C41H77O10P/c1-3-5-7-9-11-13-15-17-19-21-23-25-27-29-31-33-41(45)51-39(37-50-52(46,47)49-35-38(43)34-42)36-48-40(44)32-30-28-26-24-22-20-18-16-14-12-10-8-6-4-2/h13,15-16,18,38-39,42-43H,3-12,14,17,19-37H2,1-2H3,(H,46,47)/b15-13+,18-16+/t38-,39+/m0/s1. The van der Waals surface area contributed by atoms with Crippen molar-refractivity contribution in [3.05, 3.63) is 24.3 Å². The molecule has 1 unspecified atom stereocenters. The van der Waals surface area contributed by atoms with E-state index < -0.39 is 51.8 Å². The molecule has 0 aliphatic rings. The molecule has 0 aromatic heterocycles. The van der Waals surface area contributed by atoms with Crippen LogP contribution >= 0.6 is 7.82 Å². The highest BCUT2D eigenvalue weighted by Crippen LogP contribution is 2.43. The van der Waals surface area contributed by atoms with E-state index in [9.17, 15) is 24.2 Å². The van der Waals surface area contributed by atoms with Gasteiger partial charge in [0.1, 0.15) is 12.7 Å². The van der Waals surface area contributed by atoms with Crippen molar-refractivity contribution in [2.75, 3.05) is 26.4 Å². The lowest BCUT2D eigenvalue weighted by atomic mass is 10.1. The molecule has 3 N–H and O–H groups in total. The summed E-state index contributed by atoms with van der Waals surface area (Å²) in [6.45, 7) is 2.34. The predicted molar refractivity (Wildman–Crippen MR) is 210 cm³/mol. The summed E-state index contributed by atoms with van der Waals surface area (Å²) in [6, 6.07) is 0. The van der Waals surface area contributed by atoms with Crippen LogP contribution in [0.1, 0.15) is 187 Å². The van der Waals surface area contributed by atoms with Gasteiger partial charge >= 0.3 is 19.8 Å². The Balaban J connectivity index is 4.33. The molecule has 11 heteroatoms. The van der Waals surface area contributed by atoms with Gasteiger partial charge in [0.15, 0.2) is 6.10 Å². The van der Waals surface area contributed by atoms with Gasteiger partial charge in [-0.25, -0.2) is 4.57 Å². The van der Waals surface area contributed by atoms with E-state index in [1.54, 1.807) is 0 Å². The van der Waals surface area contributed by atoms with Gasteiger partial charge in [-0.15, -0.1) is 0 Å². The summed E-state index contributed by atoms with van der Waals surface area (Å²) in [5.74, 6) is -0.937. The number of phosphoric ester groups is 1. The fourth-order valence-electron chi connectivity index (χ4n) is 5.57. The molecule has 10 nitrogen and oxygen atoms in total. The van der Waals surface area contributed by atoms with Crippen molar-refractivity contribution in [2.45, 2.75) is 199 Å². The zero-order valence-corrected chi connectivity index (χ0v) is 33.9. The van der Waals surface area contributed by atoms with Crippen LogP contribution in [0.2, 0.25) is 0 Å². The Hall–Kier alpha value is -1.55. The molecule has 0 aromatic rings. The zero-order chi connectivity index (χ0) is 38.4. The fraction of sp³-hybridized carbons (Fsp3) is 0.854. The summed E-state index contributed by atoms with van der Waals surface area (Å²) in [5.41, 5.74) is 0. The van der Waals surface area contributed by atoms with Crippen molar-refractivity contribution >= 4 is 19.8 Å². The highest BCUT2D eigenvalue weighted by Gasteiger charge is 2.27. The van der Waals surface area contributed by atoms with E-state index in [0.717, 1.165) is 64.2 Å². The van der Waals surface area contributed by atoms with Gasteiger partial charge in [0, 0.05) is 12.8 Å². The molecular formula is C41H77O10P. The average molecular weight is 761 g/mol. The summed E-state index contributed by atoms with van der Waals surface area (Å²) in [7, 11) is -4.61. The van der Waals surface area contributed by atoms with E-state index in [-0.39, 0.29) is 19.4 Å². The Bertz CT molecular complexity index is 925. The van der Waals surface area contributed by atoms with Gasteiger partial charge in [-0.3, -0.25) is 18.6 Å². The molecule has 306 valence electrons. The second-order valence-corrected chi connectivity index (χ2v) is 15.5. The van der Waals surface area contributed by atoms with Crippen molar-refractivity contribution in [2.24, 2.45) is 0 Å². The van der Waals surface area contributed by atoms with Gasteiger partial charge in [0.2, 0.25) is 0 Å². The van der Waals surface area contributed by atoms with Crippen molar-refractivity contribution < 1.29 is 47.8 Å². The van der Waals surface area contributed by atoms with Gasteiger partial charge in [0.05, 0.1) is 19.8 Å². The molecular weight excluding hydrogens is 683 g/mol. The van der Waals surface area contributed by atoms with E-state index in [4.69, 9.17) is 19.1 Å².